The zero-order chi connectivity index (χ0) is 20.9. The van der Waals surface area contributed by atoms with E-state index in [-0.39, 0.29) is 5.91 Å². The van der Waals surface area contributed by atoms with Gasteiger partial charge in [0.25, 0.3) is 5.91 Å². The summed E-state index contributed by atoms with van der Waals surface area (Å²) >= 11 is 3.90. The van der Waals surface area contributed by atoms with Crippen molar-refractivity contribution in [3.8, 4) is 16.3 Å². The molecule has 0 spiro atoms. The number of halogens is 1. The normalized spacial score (nSPS) is 10.9. The highest BCUT2D eigenvalue weighted by Gasteiger charge is 2.15. The number of aromatic nitrogens is 1. The molecular weight excluding hydrogens is 507 g/mol. The summed E-state index contributed by atoms with van der Waals surface area (Å²) in [6.45, 7) is 2.78. The lowest BCUT2D eigenvalue weighted by Gasteiger charge is -2.11. The van der Waals surface area contributed by atoms with E-state index in [1.165, 1.54) is 0 Å². The van der Waals surface area contributed by atoms with Gasteiger partial charge in [0.05, 0.1) is 22.5 Å². The van der Waals surface area contributed by atoms with E-state index >= 15 is 0 Å². The summed E-state index contributed by atoms with van der Waals surface area (Å²) < 4.78 is 7.96. The minimum atomic E-state index is -0.167. The molecule has 4 aromatic rings. The van der Waals surface area contributed by atoms with E-state index in [0.717, 1.165) is 42.9 Å². The Morgan fingerprint density at radius 2 is 1.97 bits per heavy atom. The quantitative estimate of drug-likeness (QED) is 0.208. The zero-order valence-electron chi connectivity index (χ0n) is 16.5. The average molecular weight is 528 g/mol. The molecule has 0 radical (unpaired) electrons. The molecule has 3 aromatic carbocycles. The highest BCUT2D eigenvalue weighted by molar-refractivity contribution is 14.1. The number of nitrogens with zero attached hydrogens (tertiary/aromatic N) is 1. The number of anilines is 1. The Morgan fingerprint density at radius 1 is 1.10 bits per heavy atom. The van der Waals surface area contributed by atoms with Crippen LogP contribution in [0.25, 0.3) is 20.8 Å². The van der Waals surface area contributed by atoms with Gasteiger partial charge in [0, 0.05) is 14.7 Å². The zero-order valence-corrected chi connectivity index (χ0v) is 19.5. The number of hydrogen-bond donors (Lipinski definition) is 1. The molecule has 30 heavy (non-hydrogen) atoms. The molecule has 0 saturated carbocycles. The molecule has 0 aliphatic carbocycles. The minimum Gasteiger partial charge on any atom is -0.494 e. The molecule has 1 heterocycles. The molecular formula is C24H21IN2O2S. The lowest BCUT2D eigenvalue weighted by molar-refractivity contribution is 0.102. The second-order valence-corrected chi connectivity index (χ2v) is 9.14. The first-order valence-corrected chi connectivity index (χ1v) is 11.7. The van der Waals surface area contributed by atoms with Gasteiger partial charge >= 0.3 is 0 Å². The Labute approximate surface area is 193 Å². The predicted octanol–water partition coefficient (Wildman–Crippen LogP) is 7.00. The molecule has 6 heteroatoms. The first-order chi connectivity index (χ1) is 14.6. The third-order valence-corrected chi connectivity index (χ3v) is 6.36. The van der Waals surface area contributed by atoms with E-state index in [2.05, 4.69) is 47.0 Å². The van der Waals surface area contributed by atoms with Crippen molar-refractivity contribution in [1.82, 2.24) is 4.98 Å². The Kier molecular flexibility index (Phi) is 6.64. The van der Waals surface area contributed by atoms with Gasteiger partial charge in [-0.1, -0.05) is 31.5 Å². The van der Waals surface area contributed by atoms with Crippen LogP contribution in [0.3, 0.4) is 0 Å². The van der Waals surface area contributed by atoms with Crippen molar-refractivity contribution in [3.63, 3.8) is 0 Å². The summed E-state index contributed by atoms with van der Waals surface area (Å²) in [7, 11) is 0. The molecule has 4 nitrogen and oxygen atoms in total. The number of rotatable bonds is 7. The smallest absolute Gasteiger partial charge is 0.255 e. The van der Waals surface area contributed by atoms with Crippen LogP contribution in [0.2, 0.25) is 0 Å². The largest absolute Gasteiger partial charge is 0.494 e. The van der Waals surface area contributed by atoms with Crippen LogP contribution in [0.1, 0.15) is 30.1 Å². The molecule has 0 aliphatic rings. The third-order valence-electron chi connectivity index (χ3n) is 4.62. The number of nitrogens with one attached hydrogen (secondary N) is 1. The number of unbranched alkanes of at least 4 members (excludes halogenated alkanes) is 1. The maximum absolute atomic E-state index is 13.0. The Hall–Kier alpha value is -2.45. The highest BCUT2D eigenvalue weighted by Crippen LogP contribution is 2.35. The minimum absolute atomic E-state index is 0.167. The van der Waals surface area contributed by atoms with Gasteiger partial charge in [-0.3, -0.25) is 4.79 Å². The lowest BCUT2D eigenvalue weighted by atomic mass is 10.1. The molecule has 0 bridgehead atoms. The second kappa shape index (κ2) is 9.57. The summed E-state index contributed by atoms with van der Waals surface area (Å²) in [6, 6.07) is 21.3. The molecule has 1 aromatic heterocycles. The van der Waals surface area contributed by atoms with Gasteiger partial charge in [-0.2, -0.15) is 0 Å². The number of hydrogen-bond acceptors (Lipinski definition) is 4. The number of carbonyl (C=O) groups is 1. The van der Waals surface area contributed by atoms with Gasteiger partial charge < -0.3 is 10.1 Å². The van der Waals surface area contributed by atoms with Crippen LogP contribution in [0, 0.1) is 3.57 Å². The summed E-state index contributed by atoms with van der Waals surface area (Å²) in [5, 5.41) is 3.95. The first kappa shape index (κ1) is 20.8. The number of benzene rings is 3. The van der Waals surface area contributed by atoms with Gasteiger partial charge in [0.1, 0.15) is 10.8 Å². The number of para-hydroxylation sites is 1. The van der Waals surface area contributed by atoms with Crippen LogP contribution in [0.4, 0.5) is 5.69 Å². The van der Waals surface area contributed by atoms with Crippen molar-refractivity contribution in [1.29, 1.82) is 0 Å². The van der Waals surface area contributed by atoms with Gasteiger partial charge in [-0.05, 0) is 77.5 Å². The maximum atomic E-state index is 13.0. The van der Waals surface area contributed by atoms with Crippen molar-refractivity contribution in [3.05, 3.63) is 75.9 Å². The number of amides is 1. The van der Waals surface area contributed by atoms with E-state index < -0.39 is 0 Å². The molecule has 0 fully saturated rings. The Bertz CT molecular complexity index is 1160. The van der Waals surface area contributed by atoms with Gasteiger partial charge in [-0.15, -0.1) is 11.3 Å². The monoisotopic (exact) mass is 528 g/mol. The standard InChI is InChI=1S/C24H21IN2O2S/c1-2-3-13-29-18-8-6-7-16(14-18)23(28)26-20-12-11-17(25)15-19(20)24-27-21-9-4-5-10-22(21)30-24/h4-12,14-15H,2-3,13H2,1H3,(H,26,28). The molecule has 0 aliphatic heterocycles. The van der Waals surface area contributed by atoms with Crippen molar-refractivity contribution in [2.45, 2.75) is 19.8 Å². The van der Waals surface area contributed by atoms with Crippen molar-refractivity contribution in [2.24, 2.45) is 0 Å². The third kappa shape index (κ3) is 4.82. The van der Waals surface area contributed by atoms with Crippen LogP contribution >= 0.6 is 33.9 Å². The average Bonchev–Trinajstić information content (AvgIpc) is 3.19. The van der Waals surface area contributed by atoms with E-state index in [4.69, 9.17) is 9.72 Å². The molecule has 0 saturated heterocycles. The fourth-order valence-corrected chi connectivity index (χ4v) is 4.53. The fraction of sp³-hybridized carbons (Fsp3) is 0.167. The molecule has 152 valence electrons. The van der Waals surface area contributed by atoms with E-state index in [1.54, 1.807) is 23.5 Å². The van der Waals surface area contributed by atoms with Crippen LogP contribution in [-0.4, -0.2) is 17.5 Å². The molecule has 4 rings (SSSR count). The SMILES string of the molecule is CCCCOc1cccc(C(=O)Nc2ccc(I)cc2-c2nc3ccccc3s2)c1. The second-order valence-electron chi connectivity index (χ2n) is 6.86. The fourth-order valence-electron chi connectivity index (χ4n) is 3.05. The summed E-state index contributed by atoms with van der Waals surface area (Å²) in [4.78, 5) is 17.7. The van der Waals surface area contributed by atoms with Crippen molar-refractivity contribution >= 4 is 55.7 Å². The van der Waals surface area contributed by atoms with E-state index in [1.807, 2.05) is 42.5 Å². The Morgan fingerprint density at radius 3 is 2.80 bits per heavy atom. The summed E-state index contributed by atoms with van der Waals surface area (Å²) in [6.07, 6.45) is 2.06. The Balaban J connectivity index is 1.60. The molecule has 1 amide bonds. The van der Waals surface area contributed by atoms with Crippen LogP contribution in [0.5, 0.6) is 5.75 Å². The van der Waals surface area contributed by atoms with Crippen LogP contribution in [0.15, 0.2) is 66.7 Å². The van der Waals surface area contributed by atoms with E-state index in [0.29, 0.717) is 17.9 Å². The van der Waals surface area contributed by atoms with Crippen LogP contribution < -0.4 is 10.1 Å². The van der Waals surface area contributed by atoms with Crippen molar-refractivity contribution < 1.29 is 9.53 Å². The molecule has 0 unspecified atom stereocenters. The number of ether oxygens (including phenoxy) is 1. The topological polar surface area (TPSA) is 51.2 Å². The van der Waals surface area contributed by atoms with Gasteiger partial charge in [0.2, 0.25) is 0 Å². The predicted molar refractivity (Wildman–Crippen MR) is 133 cm³/mol. The molecule has 1 N–H and O–H groups in total. The lowest BCUT2D eigenvalue weighted by Crippen LogP contribution is -2.13. The first-order valence-electron chi connectivity index (χ1n) is 9.84. The maximum Gasteiger partial charge on any atom is 0.255 e. The molecule has 0 atom stereocenters. The van der Waals surface area contributed by atoms with Crippen LogP contribution in [-0.2, 0) is 0 Å². The highest BCUT2D eigenvalue weighted by atomic mass is 127. The van der Waals surface area contributed by atoms with Gasteiger partial charge in [-0.25, -0.2) is 4.98 Å². The number of carbonyl (C=O) groups excluding carboxylic acids is 1. The number of fused-ring (bicyclic) bond motifs is 1. The van der Waals surface area contributed by atoms with E-state index in [9.17, 15) is 4.79 Å². The van der Waals surface area contributed by atoms with Crippen molar-refractivity contribution in [2.75, 3.05) is 11.9 Å². The summed E-state index contributed by atoms with van der Waals surface area (Å²) in [5.41, 5.74) is 3.20. The summed E-state index contributed by atoms with van der Waals surface area (Å²) in [5.74, 6) is 0.546. The number of thiazole rings is 1. The van der Waals surface area contributed by atoms with Gasteiger partial charge in [0.15, 0.2) is 0 Å².